The average Bonchev–Trinajstić information content (AvgIpc) is 2.16. The van der Waals surface area contributed by atoms with Crippen LogP contribution in [0.5, 0.6) is 5.75 Å². The van der Waals surface area contributed by atoms with Crippen LogP contribution < -0.4 is 4.74 Å². The molecule has 0 bridgehead atoms. The molecule has 0 spiro atoms. The first kappa shape index (κ1) is 10.6. The van der Waals surface area contributed by atoms with Crippen molar-refractivity contribution >= 4 is 5.76 Å². The Morgan fingerprint density at radius 3 is 2.71 bits per heavy atom. The minimum absolute atomic E-state index is 0.000136. The highest BCUT2D eigenvalue weighted by Gasteiger charge is 2.11. The summed E-state index contributed by atoms with van der Waals surface area (Å²) in [6.45, 7) is 7.41. The Hall–Kier alpha value is -1.51. The van der Waals surface area contributed by atoms with Gasteiger partial charge >= 0.3 is 0 Å². The molecule has 0 aliphatic heterocycles. The molecule has 0 unspecified atom stereocenters. The van der Waals surface area contributed by atoms with Crippen LogP contribution in [0.2, 0.25) is 0 Å². The van der Waals surface area contributed by atoms with Gasteiger partial charge in [-0.2, -0.15) is 0 Å². The lowest BCUT2D eigenvalue weighted by molar-refractivity contribution is 0.407. The third kappa shape index (κ3) is 1.71. The van der Waals surface area contributed by atoms with Gasteiger partial charge < -0.3 is 9.84 Å². The van der Waals surface area contributed by atoms with Crippen LogP contribution in [0, 0.1) is 6.92 Å². The van der Waals surface area contributed by atoms with Crippen molar-refractivity contribution in [3.63, 3.8) is 0 Å². The molecule has 1 heterocycles. The van der Waals surface area contributed by atoms with E-state index in [1.807, 2.05) is 13.8 Å². The van der Waals surface area contributed by atoms with E-state index in [-0.39, 0.29) is 5.76 Å². The first-order valence-corrected chi connectivity index (χ1v) is 4.52. The number of hydrogen-bond donors (Lipinski definition) is 1. The van der Waals surface area contributed by atoms with Crippen molar-refractivity contribution < 1.29 is 9.84 Å². The lowest BCUT2D eigenvalue weighted by Gasteiger charge is -2.12. The molecule has 0 aliphatic carbocycles. The molecule has 3 nitrogen and oxygen atoms in total. The molecular formula is C11H15NO2. The van der Waals surface area contributed by atoms with E-state index in [1.54, 1.807) is 13.3 Å². The van der Waals surface area contributed by atoms with Gasteiger partial charge in [0.1, 0.15) is 17.2 Å². The lowest BCUT2D eigenvalue weighted by atomic mass is 10.0. The molecule has 14 heavy (non-hydrogen) atoms. The quantitative estimate of drug-likeness (QED) is 0.750. The number of pyridine rings is 1. The second-order valence-corrected chi connectivity index (χ2v) is 3.08. The fraction of sp³-hybridized carbons (Fsp3) is 0.364. The second-order valence-electron chi connectivity index (χ2n) is 3.08. The highest BCUT2D eigenvalue weighted by Crippen LogP contribution is 2.25. The predicted molar refractivity (Wildman–Crippen MR) is 56.6 cm³/mol. The Morgan fingerprint density at radius 2 is 2.29 bits per heavy atom. The van der Waals surface area contributed by atoms with E-state index in [4.69, 9.17) is 4.74 Å². The van der Waals surface area contributed by atoms with E-state index in [0.29, 0.717) is 5.69 Å². The minimum Gasteiger partial charge on any atom is -0.506 e. The Balaban J connectivity index is 3.34. The second kappa shape index (κ2) is 4.13. The van der Waals surface area contributed by atoms with Gasteiger partial charge in [-0.3, -0.25) is 0 Å². The van der Waals surface area contributed by atoms with Crippen LogP contribution in [0.4, 0.5) is 0 Å². The van der Waals surface area contributed by atoms with Crippen LogP contribution in [0.1, 0.15) is 23.7 Å². The molecule has 0 aromatic carbocycles. The van der Waals surface area contributed by atoms with Crippen LogP contribution in [0.3, 0.4) is 0 Å². The van der Waals surface area contributed by atoms with Gasteiger partial charge in [-0.1, -0.05) is 13.5 Å². The molecule has 1 N–H and O–H groups in total. The highest BCUT2D eigenvalue weighted by atomic mass is 16.5. The molecule has 0 fully saturated rings. The summed E-state index contributed by atoms with van der Waals surface area (Å²) in [5, 5.41) is 9.29. The molecule has 0 atom stereocenters. The van der Waals surface area contributed by atoms with E-state index in [9.17, 15) is 5.11 Å². The molecular weight excluding hydrogens is 178 g/mol. The largest absolute Gasteiger partial charge is 0.506 e. The number of aromatic nitrogens is 1. The molecule has 1 rings (SSSR count). The summed E-state index contributed by atoms with van der Waals surface area (Å²) in [6, 6.07) is 0. The van der Waals surface area contributed by atoms with Crippen LogP contribution in [-0.2, 0) is 6.42 Å². The van der Waals surface area contributed by atoms with Gasteiger partial charge in [0.15, 0.2) is 0 Å². The van der Waals surface area contributed by atoms with E-state index >= 15 is 0 Å². The van der Waals surface area contributed by atoms with Crippen LogP contribution in [0.15, 0.2) is 12.8 Å². The van der Waals surface area contributed by atoms with Crippen molar-refractivity contribution in [1.82, 2.24) is 4.98 Å². The summed E-state index contributed by atoms with van der Waals surface area (Å²) in [4.78, 5) is 4.08. The van der Waals surface area contributed by atoms with E-state index in [1.165, 1.54) is 0 Å². The van der Waals surface area contributed by atoms with Gasteiger partial charge in [-0.25, -0.2) is 4.98 Å². The van der Waals surface area contributed by atoms with Gasteiger partial charge in [-0.15, -0.1) is 0 Å². The molecule has 1 aromatic rings. The van der Waals surface area contributed by atoms with Crippen molar-refractivity contribution in [2.24, 2.45) is 0 Å². The van der Waals surface area contributed by atoms with Gasteiger partial charge in [0.2, 0.25) is 0 Å². The van der Waals surface area contributed by atoms with Gasteiger partial charge in [0, 0.05) is 5.56 Å². The molecule has 0 saturated heterocycles. The summed E-state index contributed by atoms with van der Waals surface area (Å²) in [7, 11) is 1.61. The average molecular weight is 193 g/mol. The maximum Gasteiger partial charge on any atom is 0.140 e. The Morgan fingerprint density at radius 1 is 1.64 bits per heavy atom. The fourth-order valence-corrected chi connectivity index (χ4v) is 1.53. The summed E-state index contributed by atoms with van der Waals surface area (Å²) in [5.74, 6) is 0.759. The normalized spacial score (nSPS) is 9.93. The first-order chi connectivity index (χ1) is 6.61. The van der Waals surface area contributed by atoms with Crippen molar-refractivity contribution in [3.8, 4) is 5.75 Å². The molecule has 3 heteroatoms. The number of rotatable bonds is 3. The Kier molecular flexibility index (Phi) is 3.12. The summed E-state index contributed by atoms with van der Waals surface area (Å²) in [5.41, 5.74) is 2.54. The smallest absolute Gasteiger partial charge is 0.140 e. The van der Waals surface area contributed by atoms with E-state index < -0.39 is 0 Å². The predicted octanol–water partition coefficient (Wildman–Crippen LogP) is 2.49. The van der Waals surface area contributed by atoms with E-state index in [0.717, 1.165) is 23.3 Å². The monoisotopic (exact) mass is 193 g/mol. The van der Waals surface area contributed by atoms with Crippen LogP contribution in [0.25, 0.3) is 5.76 Å². The van der Waals surface area contributed by atoms with Crippen LogP contribution >= 0.6 is 0 Å². The van der Waals surface area contributed by atoms with Crippen molar-refractivity contribution in [1.29, 1.82) is 0 Å². The zero-order chi connectivity index (χ0) is 10.7. The Bertz CT molecular complexity index is 359. The number of methoxy groups -OCH3 is 1. The first-order valence-electron chi connectivity index (χ1n) is 4.52. The Labute approximate surface area is 84.1 Å². The van der Waals surface area contributed by atoms with Gasteiger partial charge in [0.05, 0.1) is 13.3 Å². The number of aliphatic hydroxyl groups excluding tert-OH is 1. The maximum atomic E-state index is 9.29. The molecule has 1 aromatic heterocycles. The topological polar surface area (TPSA) is 42.4 Å². The number of hydrogen-bond acceptors (Lipinski definition) is 3. The third-order valence-electron chi connectivity index (χ3n) is 2.26. The fourth-order valence-electron chi connectivity index (χ4n) is 1.53. The molecule has 76 valence electrons. The standard InChI is InChI=1S/C11H15NO2/c1-5-9-7(2)11(8(3)13)12-6-10(9)14-4/h6,13H,3,5H2,1-2,4H3. The number of aliphatic hydroxyl groups is 1. The SMILES string of the molecule is C=C(O)c1ncc(OC)c(CC)c1C. The molecule has 0 aliphatic rings. The summed E-state index contributed by atoms with van der Waals surface area (Å²) < 4.78 is 5.18. The van der Waals surface area contributed by atoms with E-state index in [2.05, 4.69) is 11.6 Å². The number of nitrogens with zero attached hydrogens (tertiary/aromatic N) is 1. The summed E-state index contributed by atoms with van der Waals surface area (Å²) >= 11 is 0. The molecule has 0 amide bonds. The minimum atomic E-state index is -0.000136. The van der Waals surface area contributed by atoms with Crippen molar-refractivity contribution in [3.05, 3.63) is 29.6 Å². The highest BCUT2D eigenvalue weighted by molar-refractivity contribution is 5.59. The maximum absolute atomic E-state index is 9.29. The third-order valence-corrected chi connectivity index (χ3v) is 2.26. The zero-order valence-electron chi connectivity index (χ0n) is 8.79. The number of ether oxygens (including phenoxy) is 1. The van der Waals surface area contributed by atoms with Crippen molar-refractivity contribution in [2.45, 2.75) is 20.3 Å². The van der Waals surface area contributed by atoms with Gasteiger partial charge in [-0.05, 0) is 18.9 Å². The van der Waals surface area contributed by atoms with Crippen molar-refractivity contribution in [2.75, 3.05) is 7.11 Å². The lowest BCUT2D eigenvalue weighted by Crippen LogP contribution is -2.00. The van der Waals surface area contributed by atoms with Gasteiger partial charge in [0.25, 0.3) is 0 Å². The van der Waals surface area contributed by atoms with Crippen LogP contribution in [-0.4, -0.2) is 17.2 Å². The zero-order valence-corrected chi connectivity index (χ0v) is 8.79. The molecule has 0 radical (unpaired) electrons. The molecule has 0 saturated carbocycles. The summed E-state index contributed by atoms with van der Waals surface area (Å²) in [6.07, 6.45) is 2.46.